The van der Waals surface area contributed by atoms with Crippen molar-refractivity contribution in [3.63, 3.8) is 0 Å². The van der Waals surface area contributed by atoms with Crippen LogP contribution in [0.4, 0.5) is 5.13 Å². The fourth-order valence-corrected chi connectivity index (χ4v) is 6.14. The second-order valence-electron chi connectivity index (χ2n) is 8.72. The van der Waals surface area contributed by atoms with Crippen molar-refractivity contribution in [2.75, 3.05) is 39.9 Å². The van der Waals surface area contributed by atoms with Gasteiger partial charge in [0.25, 0.3) is 11.8 Å². The number of fused-ring (bicyclic) bond motifs is 1. The Kier molecular flexibility index (Phi) is 9.66. The minimum atomic E-state index is -0.898. The lowest BCUT2D eigenvalue weighted by Gasteiger charge is -2.49. The Labute approximate surface area is 244 Å². The van der Waals surface area contributed by atoms with Gasteiger partial charge in [0.05, 0.1) is 13.4 Å². The van der Waals surface area contributed by atoms with Crippen LogP contribution in [0, 0.1) is 0 Å². The van der Waals surface area contributed by atoms with E-state index in [1.54, 1.807) is 48.0 Å². The van der Waals surface area contributed by atoms with Gasteiger partial charge in [-0.15, -0.1) is 34.7 Å². The van der Waals surface area contributed by atoms with E-state index in [1.807, 2.05) is 14.1 Å². The second-order valence-corrected chi connectivity index (χ2v) is 10.9. The molecule has 2 amide bonds. The quantitative estimate of drug-likeness (QED) is 0.102. The van der Waals surface area contributed by atoms with Crippen molar-refractivity contribution in [1.29, 1.82) is 0 Å². The minimum Gasteiger partial charge on any atom is -0.497 e. The zero-order valence-corrected chi connectivity index (χ0v) is 24.5. The Balaban J connectivity index is 1.45. The van der Waals surface area contributed by atoms with Crippen molar-refractivity contribution in [1.82, 2.24) is 20.1 Å². The van der Waals surface area contributed by atoms with Gasteiger partial charge in [-0.3, -0.25) is 14.5 Å². The number of aliphatic imine (C=N–C) groups is 1. The molecule has 2 unspecified atom stereocenters. The average Bonchev–Trinajstić information content (AvgIpc) is 3.44. The highest BCUT2D eigenvalue weighted by Crippen LogP contribution is 2.41. The third-order valence-corrected chi connectivity index (χ3v) is 8.16. The molecule has 4 rings (SSSR count). The average molecular weight is 607 g/mol. The number of thiazole rings is 1. The van der Waals surface area contributed by atoms with E-state index in [-0.39, 0.29) is 29.6 Å². The Morgan fingerprint density at radius 2 is 2.02 bits per heavy atom. The number of benzene rings is 1. The Bertz CT molecular complexity index is 1360. The number of methoxy groups -OCH3 is 1. The number of thioether (sulfide) groups is 1. The zero-order chi connectivity index (χ0) is 28.8. The molecule has 212 valence electrons. The van der Waals surface area contributed by atoms with Crippen molar-refractivity contribution in [3.05, 3.63) is 52.2 Å². The van der Waals surface area contributed by atoms with Crippen LogP contribution in [-0.4, -0.2) is 96.0 Å². The number of amides is 2. The summed E-state index contributed by atoms with van der Waals surface area (Å²) in [5, 5.41) is 8.05. The molecule has 3 heterocycles. The predicted molar refractivity (Wildman–Crippen MR) is 153 cm³/mol. The van der Waals surface area contributed by atoms with Crippen LogP contribution in [0.2, 0.25) is 0 Å². The lowest BCUT2D eigenvalue weighted by molar-refractivity contribution is -0.153. The first-order valence-electron chi connectivity index (χ1n) is 11.9. The number of aromatic nitrogens is 1. The fraction of sp³-hybridized carbons (Fsp3) is 0.360. The number of carbonyl (C=O) groups excluding carboxylic acids is 3. The molecule has 1 aromatic heterocycles. The van der Waals surface area contributed by atoms with Gasteiger partial charge in [0.15, 0.2) is 5.71 Å². The van der Waals surface area contributed by atoms with E-state index < -0.39 is 29.2 Å². The van der Waals surface area contributed by atoms with Gasteiger partial charge in [-0.2, -0.15) is 0 Å². The predicted octanol–water partition coefficient (Wildman–Crippen LogP) is 2.36. The molecule has 15 heteroatoms. The van der Waals surface area contributed by atoms with Crippen LogP contribution in [0.5, 0.6) is 5.75 Å². The van der Waals surface area contributed by atoms with Gasteiger partial charge in [0.2, 0.25) is 5.13 Å². The number of nitrogens with zero attached hydrogens (tertiary/aromatic N) is 5. The molecule has 1 aromatic carbocycles. The number of halogens is 1. The molecule has 2 aliphatic rings. The summed E-state index contributed by atoms with van der Waals surface area (Å²) < 4.78 is 10.7. The minimum absolute atomic E-state index is 0.00690. The van der Waals surface area contributed by atoms with Crippen LogP contribution >= 0.6 is 34.7 Å². The van der Waals surface area contributed by atoms with Crippen molar-refractivity contribution >= 4 is 69.7 Å². The lowest BCUT2D eigenvalue weighted by atomic mass is 10.0. The second kappa shape index (κ2) is 13.2. The molecule has 40 heavy (non-hydrogen) atoms. The van der Waals surface area contributed by atoms with Gasteiger partial charge in [-0.1, -0.05) is 17.3 Å². The number of β-lactam (4-membered cyclic amide) rings is 1. The van der Waals surface area contributed by atoms with E-state index >= 15 is 0 Å². The summed E-state index contributed by atoms with van der Waals surface area (Å²) in [5.41, 5.74) is 1.59. The first-order chi connectivity index (χ1) is 19.3. The fourth-order valence-electron chi connectivity index (χ4n) is 3.82. The molecule has 1 saturated heterocycles. The molecule has 12 nitrogen and oxygen atoms in total. The third-order valence-electron chi connectivity index (χ3n) is 5.75. The molecule has 0 aliphatic carbocycles. The van der Waals surface area contributed by atoms with Gasteiger partial charge >= 0.3 is 5.97 Å². The number of carbonyl (C=O) groups is 3. The first-order valence-corrected chi connectivity index (χ1v) is 14.3. The summed E-state index contributed by atoms with van der Waals surface area (Å²) in [7, 11) is 6.51. The smallest absolute Gasteiger partial charge is 0.355 e. The molecule has 0 spiro atoms. The van der Waals surface area contributed by atoms with E-state index in [0.29, 0.717) is 22.2 Å². The van der Waals surface area contributed by atoms with Crippen molar-refractivity contribution < 1.29 is 28.7 Å². The summed E-state index contributed by atoms with van der Waals surface area (Å²) >= 11 is 8.73. The van der Waals surface area contributed by atoms with Gasteiger partial charge in [-0.05, 0) is 23.3 Å². The SMILES string of the molecule is CO/N=C(\C(=O)NC1C(=O)N2C(C(=O)OCc3ccc(OC)cc3)=C(CCl)CSC12)c1csc(N=CN(C)C)n1. The molecular formula is C25H27ClN6O6S2. The van der Waals surface area contributed by atoms with E-state index in [9.17, 15) is 14.4 Å². The van der Waals surface area contributed by atoms with Crippen molar-refractivity contribution in [2.24, 2.45) is 10.1 Å². The van der Waals surface area contributed by atoms with E-state index in [4.69, 9.17) is 25.9 Å². The first kappa shape index (κ1) is 29.4. The highest BCUT2D eigenvalue weighted by molar-refractivity contribution is 8.00. The number of alkyl halides is 1. The number of hydrogen-bond acceptors (Lipinski definition) is 11. The van der Waals surface area contributed by atoms with Crippen LogP contribution in [-0.2, 0) is 30.6 Å². The van der Waals surface area contributed by atoms with Crippen molar-refractivity contribution in [2.45, 2.75) is 18.0 Å². The highest BCUT2D eigenvalue weighted by Gasteiger charge is 2.54. The van der Waals surface area contributed by atoms with Gasteiger partial charge < -0.3 is 24.5 Å². The number of rotatable bonds is 11. The maximum atomic E-state index is 13.2. The van der Waals surface area contributed by atoms with Crippen LogP contribution in [0.15, 0.2) is 51.1 Å². The number of esters is 1. The Hall–Kier alpha value is -3.62. The topological polar surface area (TPSA) is 135 Å². The molecule has 2 atom stereocenters. The zero-order valence-electron chi connectivity index (χ0n) is 22.1. The van der Waals surface area contributed by atoms with Gasteiger partial charge in [0, 0.05) is 31.1 Å². The summed E-state index contributed by atoms with van der Waals surface area (Å²) in [6.07, 6.45) is 1.58. The molecule has 2 aliphatic heterocycles. The number of ether oxygens (including phenoxy) is 2. The Morgan fingerprint density at radius 1 is 1.27 bits per heavy atom. The van der Waals surface area contributed by atoms with Gasteiger partial charge in [-0.25, -0.2) is 14.8 Å². The summed E-state index contributed by atoms with van der Waals surface area (Å²) in [6.45, 7) is 0.00690. The van der Waals surface area contributed by atoms with Crippen LogP contribution in [0.3, 0.4) is 0 Å². The van der Waals surface area contributed by atoms with Crippen LogP contribution < -0.4 is 10.1 Å². The largest absolute Gasteiger partial charge is 0.497 e. The maximum Gasteiger partial charge on any atom is 0.355 e. The van der Waals surface area contributed by atoms with E-state index in [1.165, 1.54) is 35.1 Å². The molecular weight excluding hydrogens is 580 g/mol. The molecule has 1 fully saturated rings. The summed E-state index contributed by atoms with van der Waals surface area (Å²) in [4.78, 5) is 55.9. The number of hydrogen-bond donors (Lipinski definition) is 1. The molecule has 0 radical (unpaired) electrons. The maximum absolute atomic E-state index is 13.2. The Morgan fingerprint density at radius 3 is 2.67 bits per heavy atom. The number of nitrogens with one attached hydrogen (secondary N) is 1. The number of oxime groups is 1. The third kappa shape index (κ3) is 6.40. The normalized spacial score (nSPS) is 18.8. The molecule has 2 aromatic rings. The van der Waals surface area contributed by atoms with Crippen LogP contribution in [0.1, 0.15) is 11.3 Å². The van der Waals surface area contributed by atoms with E-state index in [2.05, 4.69) is 20.4 Å². The van der Waals surface area contributed by atoms with Crippen LogP contribution in [0.25, 0.3) is 0 Å². The molecule has 0 saturated carbocycles. The summed E-state index contributed by atoms with van der Waals surface area (Å²) in [6, 6.07) is 6.18. The standard InChI is InChI=1S/C25H27ClN6O6S2/c1-31(2)13-27-25-28-17(12-40-25)18(30-37-4)21(33)29-19-22(34)32-20(15(9-26)11-39-23(19)32)24(35)38-10-14-5-7-16(36-3)8-6-14/h5-8,12-13,19,23H,9-11H2,1-4H3,(H,29,33)/b27-13?,30-18-. The lowest BCUT2D eigenvalue weighted by Crippen LogP contribution is -2.71. The van der Waals surface area contributed by atoms with Gasteiger partial charge in [0.1, 0.15) is 42.3 Å². The summed E-state index contributed by atoms with van der Waals surface area (Å²) in [5.74, 6) is -0.637. The van der Waals surface area contributed by atoms with E-state index in [0.717, 1.165) is 5.56 Å². The highest BCUT2D eigenvalue weighted by atomic mass is 35.5. The molecule has 1 N–H and O–H groups in total. The molecule has 0 bridgehead atoms. The monoisotopic (exact) mass is 606 g/mol. The van der Waals surface area contributed by atoms with Crippen molar-refractivity contribution in [3.8, 4) is 5.75 Å².